The molecule has 1 aliphatic heterocycles. The number of halogens is 1. The summed E-state index contributed by atoms with van der Waals surface area (Å²) in [5, 5.41) is 18.5. The molecule has 8 nitrogen and oxygen atoms in total. The summed E-state index contributed by atoms with van der Waals surface area (Å²) in [7, 11) is 0. The fraction of sp³-hybridized carbons (Fsp3) is 0.143. The number of benzene rings is 1. The summed E-state index contributed by atoms with van der Waals surface area (Å²) in [5.41, 5.74) is 3.03. The first kappa shape index (κ1) is 16.1. The second-order valence-corrected chi connectivity index (χ2v) is 4.61. The number of rotatable bonds is 7. The number of hydrogen-bond acceptors (Lipinski definition) is 6. The van der Waals surface area contributed by atoms with E-state index >= 15 is 0 Å². The number of anilines is 1. The lowest BCUT2D eigenvalue weighted by Crippen LogP contribution is -2.40. The third-order valence-corrected chi connectivity index (χ3v) is 2.99. The second-order valence-electron chi connectivity index (χ2n) is 4.61. The minimum Gasteiger partial charge on any atom is -0.381 e. The van der Waals surface area contributed by atoms with Crippen LogP contribution in [0.2, 0.25) is 0 Å². The molecule has 1 aromatic carbocycles. The van der Waals surface area contributed by atoms with Crippen LogP contribution in [-0.2, 0) is 4.79 Å². The van der Waals surface area contributed by atoms with Gasteiger partial charge in [-0.15, -0.1) is 0 Å². The summed E-state index contributed by atoms with van der Waals surface area (Å²) in [5.74, 6) is -0.933. The molecule has 1 fully saturated rings. The SMILES string of the molecule is C=C(NCC1NC(=O)NC1=O)/C(C=N)=N/Nc1ccccc1F. The number of hydrazone groups is 1. The van der Waals surface area contributed by atoms with Gasteiger partial charge in [-0.05, 0) is 12.1 Å². The molecule has 0 aromatic heterocycles. The minimum atomic E-state index is -0.731. The average molecular weight is 318 g/mol. The topological polar surface area (TPSA) is 118 Å². The molecule has 1 saturated heterocycles. The molecule has 1 aliphatic rings. The van der Waals surface area contributed by atoms with E-state index in [2.05, 4.69) is 33.1 Å². The lowest BCUT2D eigenvalue weighted by molar-refractivity contribution is -0.120. The van der Waals surface area contributed by atoms with E-state index < -0.39 is 23.8 Å². The van der Waals surface area contributed by atoms with Crippen molar-refractivity contribution < 1.29 is 14.0 Å². The van der Waals surface area contributed by atoms with Crippen LogP contribution < -0.4 is 21.4 Å². The van der Waals surface area contributed by atoms with Gasteiger partial charge in [-0.3, -0.25) is 15.5 Å². The Bertz CT molecular complexity index is 688. The van der Waals surface area contributed by atoms with Crippen molar-refractivity contribution in [1.82, 2.24) is 16.0 Å². The predicted octanol–water partition coefficient (Wildman–Crippen LogP) is 0.554. The Morgan fingerprint density at radius 3 is 2.78 bits per heavy atom. The van der Waals surface area contributed by atoms with Crippen molar-refractivity contribution in [2.75, 3.05) is 12.0 Å². The molecular weight excluding hydrogens is 303 g/mol. The predicted molar refractivity (Wildman–Crippen MR) is 83.8 cm³/mol. The van der Waals surface area contributed by atoms with E-state index in [0.717, 1.165) is 6.21 Å². The number of amides is 3. The maximum atomic E-state index is 13.5. The highest BCUT2D eigenvalue weighted by atomic mass is 19.1. The molecule has 0 bridgehead atoms. The first-order chi connectivity index (χ1) is 11.0. The lowest BCUT2D eigenvalue weighted by Gasteiger charge is -2.12. The molecule has 1 aromatic rings. The van der Waals surface area contributed by atoms with E-state index in [1.807, 2.05) is 0 Å². The van der Waals surface area contributed by atoms with Gasteiger partial charge < -0.3 is 16.0 Å². The summed E-state index contributed by atoms with van der Waals surface area (Å²) >= 11 is 0. The first-order valence-electron chi connectivity index (χ1n) is 6.64. The zero-order chi connectivity index (χ0) is 16.8. The van der Waals surface area contributed by atoms with Crippen LogP contribution in [-0.4, -0.2) is 36.5 Å². The van der Waals surface area contributed by atoms with Gasteiger partial charge in [0.2, 0.25) is 0 Å². The van der Waals surface area contributed by atoms with Gasteiger partial charge in [0.25, 0.3) is 5.91 Å². The second kappa shape index (κ2) is 7.16. The molecule has 2 rings (SSSR count). The molecule has 3 amide bonds. The summed E-state index contributed by atoms with van der Waals surface area (Å²) in [4.78, 5) is 22.4. The van der Waals surface area contributed by atoms with E-state index in [9.17, 15) is 14.0 Å². The molecule has 0 radical (unpaired) electrons. The van der Waals surface area contributed by atoms with Crippen molar-refractivity contribution in [2.45, 2.75) is 6.04 Å². The Hall–Kier alpha value is -3.23. The summed E-state index contributed by atoms with van der Waals surface area (Å²) < 4.78 is 13.5. The molecule has 1 atom stereocenters. The Labute approximate surface area is 131 Å². The third kappa shape index (κ3) is 4.13. The van der Waals surface area contributed by atoms with Crippen LogP contribution in [0.3, 0.4) is 0 Å². The Balaban J connectivity index is 1.94. The van der Waals surface area contributed by atoms with E-state index in [4.69, 9.17) is 5.41 Å². The largest absolute Gasteiger partial charge is 0.381 e. The van der Waals surface area contributed by atoms with Gasteiger partial charge in [0, 0.05) is 12.8 Å². The normalized spacial score (nSPS) is 17.3. The Kier molecular flexibility index (Phi) is 5.03. The molecular formula is C14H15FN6O2. The first-order valence-corrected chi connectivity index (χ1v) is 6.64. The van der Waals surface area contributed by atoms with E-state index in [1.165, 1.54) is 12.1 Å². The highest BCUT2D eigenvalue weighted by molar-refractivity contribution is 6.36. The number of urea groups is 1. The van der Waals surface area contributed by atoms with Crippen LogP contribution in [0.5, 0.6) is 0 Å². The van der Waals surface area contributed by atoms with Crippen LogP contribution in [0, 0.1) is 11.2 Å². The zero-order valence-corrected chi connectivity index (χ0v) is 12.0. The smallest absolute Gasteiger partial charge is 0.322 e. The van der Waals surface area contributed by atoms with Crippen molar-refractivity contribution in [1.29, 1.82) is 5.41 Å². The zero-order valence-electron chi connectivity index (χ0n) is 12.0. The number of carbonyl (C=O) groups excluding carboxylic acids is 2. The highest BCUT2D eigenvalue weighted by Gasteiger charge is 2.29. The monoisotopic (exact) mass is 318 g/mol. The quantitative estimate of drug-likeness (QED) is 0.287. The molecule has 0 aliphatic carbocycles. The molecule has 0 spiro atoms. The van der Waals surface area contributed by atoms with Gasteiger partial charge in [0.05, 0.1) is 11.4 Å². The molecule has 120 valence electrons. The summed E-state index contributed by atoms with van der Waals surface area (Å²) in [6.45, 7) is 3.78. The number of imide groups is 1. The molecule has 5 N–H and O–H groups in total. The molecule has 9 heteroatoms. The number of carbonyl (C=O) groups is 2. The van der Waals surface area contributed by atoms with Crippen LogP contribution in [0.4, 0.5) is 14.9 Å². The van der Waals surface area contributed by atoms with E-state index in [1.54, 1.807) is 12.1 Å². The van der Waals surface area contributed by atoms with Crippen molar-refractivity contribution in [2.24, 2.45) is 5.10 Å². The van der Waals surface area contributed by atoms with Crippen molar-refractivity contribution in [3.8, 4) is 0 Å². The number of nitrogens with zero attached hydrogens (tertiary/aromatic N) is 1. The minimum absolute atomic E-state index is 0.0863. The van der Waals surface area contributed by atoms with Gasteiger partial charge in [-0.1, -0.05) is 18.7 Å². The summed E-state index contributed by atoms with van der Waals surface area (Å²) in [6, 6.07) is 4.66. The molecule has 0 saturated carbocycles. The third-order valence-electron chi connectivity index (χ3n) is 2.99. The number of nitrogens with one attached hydrogen (secondary N) is 5. The van der Waals surface area contributed by atoms with Gasteiger partial charge in [-0.2, -0.15) is 5.10 Å². The lowest BCUT2D eigenvalue weighted by atomic mass is 10.2. The van der Waals surface area contributed by atoms with Crippen LogP contribution >= 0.6 is 0 Å². The number of para-hydroxylation sites is 1. The van der Waals surface area contributed by atoms with Crippen LogP contribution in [0.25, 0.3) is 0 Å². The van der Waals surface area contributed by atoms with Crippen LogP contribution in [0.15, 0.2) is 41.6 Å². The molecule has 1 heterocycles. The summed E-state index contributed by atoms with van der Waals surface area (Å²) in [6.07, 6.45) is 0.927. The molecule has 23 heavy (non-hydrogen) atoms. The fourth-order valence-electron chi connectivity index (χ4n) is 1.78. The van der Waals surface area contributed by atoms with Gasteiger partial charge >= 0.3 is 6.03 Å². The van der Waals surface area contributed by atoms with E-state index in [0.29, 0.717) is 0 Å². The maximum Gasteiger partial charge on any atom is 0.322 e. The van der Waals surface area contributed by atoms with Crippen molar-refractivity contribution >= 4 is 29.6 Å². The van der Waals surface area contributed by atoms with Gasteiger partial charge in [0.1, 0.15) is 17.6 Å². The maximum absolute atomic E-state index is 13.5. The highest BCUT2D eigenvalue weighted by Crippen LogP contribution is 2.12. The van der Waals surface area contributed by atoms with Gasteiger partial charge in [0.15, 0.2) is 0 Å². The fourth-order valence-corrected chi connectivity index (χ4v) is 1.78. The molecule has 1 unspecified atom stereocenters. The standard InChI is InChI=1S/C14H15FN6O2/c1-8(17-7-12-13(22)19-14(23)18-12)11(6-16)21-20-10-5-3-2-4-9(10)15/h2-6,12,16-17,20H,1,7H2,(H2,18,19,22,23)/b16-6?,21-11+. The average Bonchev–Trinajstić information content (AvgIpc) is 2.85. The van der Waals surface area contributed by atoms with Crippen molar-refractivity contribution in [3.63, 3.8) is 0 Å². The van der Waals surface area contributed by atoms with Gasteiger partial charge in [-0.25, -0.2) is 9.18 Å². The Morgan fingerprint density at radius 1 is 1.43 bits per heavy atom. The van der Waals surface area contributed by atoms with Crippen molar-refractivity contribution in [3.05, 3.63) is 42.4 Å². The number of hydrogen-bond donors (Lipinski definition) is 5. The van der Waals surface area contributed by atoms with E-state index in [-0.39, 0.29) is 23.6 Å². The Morgan fingerprint density at radius 2 is 2.17 bits per heavy atom. The van der Waals surface area contributed by atoms with Crippen LogP contribution in [0.1, 0.15) is 0 Å². The number of allylic oxidation sites excluding steroid dienone is 1.